The smallest absolute Gasteiger partial charge is 0.240 e. The lowest BCUT2D eigenvalue weighted by atomic mass is 10.4. The molecule has 1 aromatic carbocycles. The summed E-state index contributed by atoms with van der Waals surface area (Å²) in [5.41, 5.74) is 0. The first-order chi connectivity index (χ1) is 12.0. The summed E-state index contributed by atoms with van der Waals surface area (Å²) in [6.45, 7) is 3.67. The zero-order valence-electron chi connectivity index (χ0n) is 14.7. The van der Waals surface area contributed by atoms with E-state index in [1.54, 1.807) is 42.1 Å². The average Bonchev–Trinajstić information content (AvgIpc) is 3.02. The lowest BCUT2D eigenvalue weighted by Crippen LogP contribution is -2.41. The van der Waals surface area contributed by atoms with Gasteiger partial charge >= 0.3 is 0 Å². The van der Waals surface area contributed by atoms with E-state index in [1.807, 2.05) is 6.92 Å². The van der Waals surface area contributed by atoms with Gasteiger partial charge in [-0.05, 0) is 19.1 Å². The van der Waals surface area contributed by atoms with Gasteiger partial charge in [0.25, 0.3) is 0 Å². The third-order valence-electron chi connectivity index (χ3n) is 3.29. The number of rotatable bonds is 8. The van der Waals surface area contributed by atoms with E-state index >= 15 is 0 Å². The van der Waals surface area contributed by atoms with Crippen molar-refractivity contribution in [1.29, 1.82) is 0 Å². The number of halogens is 1. The number of aryl methyl sites for hydroxylation is 1. The quantitative estimate of drug-likeness (QED) is 0.213. The highest BCUT2D eigenvalue weighted by molar-refractivity contribution is 14.0. The number of nitrogens with one attached hydrogen (secondary N) is 3. The highest BCUT2D eigenvalue weighted by Gasteiger charge is 2.12. The van der Waals surface area contributed by atoms with E-state index in [0.29, 0.717) is 25.6 Å². The first-order valence-electron chi connectivity index (χ1n) is 7.92. The van der Waals surface area contributed by atoms with Crippen LogP contribution in [0.1, 0.15) is 12.7 Å². The minimum Gasteiger partial charge on any atom is -0.357 e. The van der Waals surface area contributed by atoms with E-state index in [1.165, 1.54) is 6.33 Å². The number of sulfonamides is 1. The van der Waals surface area contributed by atoms with Crippen molar-refractivity contribution in [3.63, 3.8) is 0 Å². The van der Waals surface area contributed by atoms with Crippen molar-refractivity contribution in [1.82, 2.24) is 30.1 Å². The van der Waals surface area contributed by atoms with Crippen LogP contribution in [0.15, 0.2) is 46.5 Å². The van der Waals surface area contributed by atoms with E-state index in [2.05, 4.69) is 30.4 Å². The number of guanidine groups is 1. The molecule has 11 heteroatoms. The van der Waals surface area contributed by atoms with Gasteiger partial charge in [0.05, 0.1) is 4.90 Å². The number of benzene rings is 1. The summed E-state index contributed by atoms with van der Waals surface area (Å²) in [5.74, 6) is 1.33. The van der Waals surface area contributed by atoms with Crippen LogP contribution in [0, 0.1) is 0 Å². The normalized spacial score (nSPS) is 11.7. The van der Waals surface area contributed by atoms with Crippen molar-refractivity contribution in [3.8, 4) is 0 Å². The zero-order chi connectivity index (χ0) is 18.1. The van der Waals surface area contributed by atoms with E-state index in [0.717, 1.165) is 5.82 Å². The molecule has 0 saturated heterocycles. The molecule has 0 atom stereocenters. The SMILES string of the molecule is CCNC(=NCc1ncnn1C)NCCNS(=O)(=O)c1ccccc1.I. The van der Waals surface area contributed by atoms with Crippen molar-refractivity contribution in [2.75, 3.05) is 19.6 Å². The zero-order valence-corrected chi connectivity index (χ0v) is 17.9. The molecule has 2 rings (SSSR count). The Morgan fingerprint density at radius 3 is 2.54 bits per heavy atom. The Kier molecular flexibility index (Phi) is 9.51. The van der Waals surface area contributed by atoms with Crippen molar-refractivity contribution in [2.24, 2.45) is 12.0 Å². The number of hydrogen-bond donors (Lipinski definition) is 3. The van der Waals surface area contributed by atoms with Crippen LogP contribution in [-0.2, 0) is 23.6 Å². The molecule has 144 valence electrons. The second-order valence-electron chi connectivity index (χ2n) is 5.13. The third-order valence-corrected chi connectivity index (χ3v) is 4.77. The number of aromatic nitrogens is 3. The Bertz CT molecular complexity index is 793. The van der Waals surface area contributed by atoms with Crippen LogP contribution in [0.3, 0.4) is 0 Å². The minimum absolute atomic E-state index is 0. The van der Waals surface area contributed by atoms with Gasteiger partial charge in [-0.2, -0.15) is 5.10 Å². The van der Waals surface area contributed by atoms with Crippen LogP contribution in [0.2, 0.25) is 0 Å². The van der Waals surface area contributed by atoms with Crippen LogP contribution < -0.4 is 15.4 Å². The Hall–Kier alpha value is -1.73. The van der Waals surface area contributed by atoms with E-state index < -0.39 is 10.0 Å². The Morgan fingerprint density at radius 1 is 1.19 bits per heavy atom. The maximum atomic E-state index is 12.1. The molecular formula is C15H24IN7O2S. The van der Waals surface area contributed by atoms with Gasteiger partial charge in [-0.25, -0.2) is 23.1 Å². The standard InChI is InChI=1S/C15H23N7O2S.HI/c1-3-16-15(18-11-14-19-12-20-22(14)2)17-9-10-21-25(23,24)13-7-5-4-6-8-13;/h4-8,12,21H,3,9-11H2,1-2H3,(H2,16,17,18);1H. The van der Waals surface area contributed by atoms with Gasteiger partial charge in [0.15, 0.2) is 5.96 Å². The van der Waals surface area contributed by atoms with Crippen LogP contribution in [0.25, 0.3) is 0 Å². The fraction of sp³-hybridized carbons (Fsp3) is 0.400. The van der Waals surface area contributed by atoms with E-state index in [-0.39, 0.29) is 35.4 Å². The number of nitrogens with zero attached hydrogens (tertiary/aromatic N) is 4. The molecule has 0 radical (unpaired) electrons. The summed E-state index contributed by atoms with van der Waals surface area (Å²) in [7, 11) is -1.69. The predicted molar refractivity (Wildman–Crippen MR) is 111 cm³/mol. The van der Waals surface area contributed by atoms with Crippen molar-refractivity contribution < 1.29 is 8.42 Å². The summed E-state index contributed by atoms with van der Waals surface area (Å²) >= 11 is 0. The molecule has 0 spiro atoms. The summed E-state index contributed by atoms with van der Waals surface area (Å²) in [5, 5.41) is 10.2. The van der Waals surface area contributed by atoms with Crippen LogP contribution in [-0.4, -0.2) is 48.8 Å². The van der Waals surface area contributed by atoms with Crippen molar-refractivity contribution in [2.45, 2.75) is 18.4 Å². The van der Waals surface area contributed by atoms with Crippen LogP contribution in [0.4, 0.5) is 0 Å². The van der Waals surface area contributed by atoms with Crippen molar-refractivity contribution in [3.05, 3.63) is 42.5 Å². The van der Waals surface area contributed by atoms with E-state index in [9.17, 15) is 8.42 Å². The minimum atomic E-state index is -3.50. The van der Waals surface area contributed by atoms with Gasteiger partial charge in [-0.3, -0.25) is 4.68 Å². The van der Waals surface area contributed by atoms with Crippen LogP contribution >= 0.6 is 24.0 Å². The highest BCUT2D eigenvalue weighted by atomic mass is 127. The average molecular weight is 493 g/mol. The Labute approximate surface area is 170 Å². The van der Waals surface area contributed by atoms with Gasteiger partial charge in [0.2, 0.25) is 10.0 Å². The molecule has 0 amide bonds. The lowest BCUT2D eigenvalue weighted by molar-refractivity contribution is 0.580. The monoisotopic (exact) mass is 493 g/mol. The molecule has 0 aliphatic carbocycles. The molecule has 2 aromatic rings. The molecule has 3 N–H and O–H groups in total. The largest absolute Gasteiger partial charge is 0.357 e. The van der Waals surface area contributed by atoms with Gasteiger partial charge in [-0.15, -0.1) is 24.0 Å². The predicted octanol–water partition coefficient (Wildman–Crippen LogP) is 0.467. The summed E-state index contributed by atoms with van der Waals surface area (Å²) < 4.78 is 28.4. The van der Waals surface area contributed by atoms with Gasteiger partial charge in [0, 0.05) is 26.7 Å². The fourth-order valence-electron chi connectivity index (χ4n) is 2.00. The molecule has 0 bridgehead atoms. The van der Waals surface area contributed by atoms with Gasteiger partial charge in [-0.1, -0.05) is 18.2 Å². The first-order valence-corrected chi connectivity index (χ1v) is 9.41. The lowest BCUT2D eigenvalue weighted by Gasteiger charge is -2.12. The summed E-state index contributed by atoms with van der Waals surface area (Å²) in [6, 6.07) is 8.27. The molecule has 0 aliphatic heterocycles. The topological polar surface area (TPSA) is 113 Å². The molecule has 1 aromatic heterocycles. The first kappa shape index (κ1) is 22.3. The number of hydrogen-bond acceptors (Lipinski definition) is 5. The highest BCUT2D eigenvalue weighted by Crippen LogP contribution is 2.06. The van der Waals surface area contributed by atoms with Crippen molar-refractivity contribution >= 4 is 40.0 Å². The van der Waals surface area contributed by atoms with Crippen LogP contribution in [0.5, 0.6) is 0 Å². The van der Waals surface area contributed by atoms with Gasteiger partial charge < -0.3 is 10.6 Å². The molecular weight excluding hydrogens is 469 g/mol. The molecule has 26 heavy (non-hydrogen) atoms. The Balaban J connectivity index is 0.00000338. The number of aliphatic imine (C=N–C) groups is 1. The Morgan fingerprint density at radius 2 is 1.92 bits per heavy atom. The second kappa shape index (κ2) is 11.1. The molecule has 0 saturated carbocycles. The van der Waals surface area contributed by atoms with Gasteiger partial charge in [0.1, 0.15) is 18.7 Å². The third kappa shape index (κ3) is 6.88. The van der Waals surface area contributed by atoms with E-state index in [4.69, 9.17) is 0 Å². The maximum Gasteiger partial charge on any atom is 0.240 e. The molecule has 1 heterocycles. The maximum absolute atomic E-state index is 12.1. The second-order valence-corrected chi connectivity index (χ2v) is 6.90. The molecule has 0 aliphatic rings. The molecule has 0 unspecified atom stereocenters. The fourth-order valence-corrected chi connectivity index (χ4v) is 3.06. The molecule has 0 fully saturated rings. The molecule has 9 nitrogen and oxygen atoms in total. The summed E-state index contributed by atoms with van der Waals surface area (Å²) in [6.07, 6.45) is 1.48. The summed E-state index contributed by atoms with van der Waals surface area (Å²) in [4.78, 5) is 8.76.